The first-order chi connectivity index (χ1) is 15.8. The standard InChI is InChI=1S/C25H19N7.ClH/c26-13-16-2-1-3-18(10-16)19-5-7-23-22(12-19)25(30-28-23)24-15-32(31-29-24)21-6-4-17-8-9-27-14-20(17)11-21;/h1-7,10-12,15,27H,8-9,14H2,(H,28,30);1H. The third kappa shape index (κ3) is 3.76. The first kappa shape index (κ1) is 20.9. The first-order valence-electron chi connectivity index (χ1n) is 10.5. The smallest absolute Gasteiger partial charge is 0.134 e. The van der Waals surface area contributed by atoms with Gasteiger partial charge < -0.3 is 5.32 Å². The van der Waals surface area contributed by atoms with E-state index in [0.717, 1.165) is 52.9 Å². The van der Waals surface area contributed by atoms with Crippen molar-refractivity contribution in [2.24, 2.45) is 0 Å². The van der Waals surface area contributed by atoms with Crippen molar-refractivity contribution in [2.45, 2.75) is 13.0 Å². The van der Waals surface area contributed by atoms with Crippen LogP contribution in [-0.4, -0.2) is 31.7 Å². The molecule has 5 aromatic rings. The molecule has 0 saturated heterocycles. The molecule has 0 atom stereocenters. The van der Waals surface area contributed by atoms with E-state index in [9.17, 15) is 5.26 Å². The minimum atomic E-state index is 0. The lowest BCUT2D eigenvalue weighted by molar-refractivity contribution is 0.642. The van der Waals surface area contributed by atoms with E-state index in [4.69, 9.17) is 0 Å². The molecule has 2 aromatic heterocycles. The molecule has 0 unspecified atom stereocenters. The van der Waals surface area contributed by atoms with Gasteiger partial charge >= 0.3 is 0 Å². The number of fused-ring (bicyclic) bond motifs is 2. The van der Waals surface area contributed by atoms with Gasteiger partial charge in [0.25, 0.3) is 0 Å². The second-order valence-electron chi connectivity index (χ2n) is 7.95. The van der Waals surface area contributed by atoms with Crippen LogP contribution in [0.25, 0.3) is 39.1 Å². The maximum atomic E-state index is 9.22. The van der Waals surface area contributed by atoms with Crippen LogP contribution in [0.4, 0.5) is 0 Å². The van der Waals surface area contributed by atoms with Gasteiger partial charge in [-0.2, -0.15) is 10.4 Å². The predicted octanol–water partition coefficient (Wildman–Crippen LogP) is 4.42. The molecule has 0 bridgehead atoms. The van der Waals surface area contributed by atoms with Gasteiger partial charge in [0.2, 0.25) is 0 Å². The average Bonchev–Trinajstić information content (AvgIpc) is 3.50. The summed E-state index contributed by atoms with van der Waals surface area (Å²) in [6.45, 7) is 1.90. The number of aromatic nitrogens is 5. The molecular weight excluding hydrogens is 434 g/mol. The lowest BCUT2D eigenvalue weighted by atomic mass is 10.0. The first-order valence-corrected chi connectivity index (χ1v) is 10.5. The Bertz CT molecular complexity index is 1510. The second-order valence-corrected chi connectivity index (χ2v) is 7.95. The molecule has 0 radical (unpaired) electrons. The maximum Gasteiger partial charge on any atom is 0.134 e. The Hall–Kier alpha value is -3.99. The van der Waals surface area contributed by atoms with Crippen molar-refractivity contribution in [1.82, 2.24) is 30.5 Å². The molecule has 1 aliphatic rings. The Morgan fingerprint density at radius 1 is 0.970 bits per heavy atom. The van der Waals surface area contributed by atoms with Crippen molar-refractivity contribution in [1.29, 1.82) is 5.26 Å². The summed E-state index contributed by atoms with van der Waals surface area (Å²) in [5, 5.41) is 30.0. The van der Waals surface area contributed by atoms with Crippen molar-refractivity contribution in [2.75, 3.05) is 6.54 Å². The Labute approximate surface area is 196 Å². The molecule has 33 heavy (non-hydrogen) atoms. The number of nitrogens with one attached hydrogen (secondary N) is 2. The molecule has 8 heteroatoms. The Morgan fingerprint density at radius 3 is 2.79 bits per heavy atom. The molecule has 0 spiro atoms. The lowest BCUT2D eigenvalue weighted by Crippen LogP contribution is -2.23. The van der Waals surface area contributed by atoms with Crippen LogP contribution in [-0.2, 0) is 13.0 Å². The number of rotatable bonds is 3. The van der Waals surface area contributed by atoms with Crippen LogP contribution >= 0.6 is 12.4 Å². The normalized spacial score (nSPS) is 12.7. The number of hydrogen-bond donors (Lipinski definition) is 2. The number of aromatic amines is 1. The third-order valence-corrected chi connectivity index (χ3v) is 5.96. The number of benzene rings is 3. The summed E-state index contributed by atoms with van der Waals surface area (Å²) in [6, 6.07) is 22.3. The molecule has 3 aromatic carbocycles. The molecule has 0 fully saturated rings. The molecule has 1 aliphatic heterocycles. The molecule has 6 rings (SSSR count). The Balaban J connectivity index is 0.00000228. The summed E-state index contributed by atoms with van der Waals surface area (Å²) >= 11 is 0. The topological polar surface area (TPSA) is 95.2 Å². The molecule has 0 amide bonds. The van der Waals surface area contributed by atoms with Crippen LogP contribution in [0.5, 0.6) is 0 Å². The highest BCUT2D eigenvalue weighted by Crippen LogP contribution is 2.30. The van der Waals surface area contributed by atoms with Crippen molar-refractivity contribution in [3.05, 3.63) is 83.6 Å². The Kier molecular flexibility index (Phi) is 5.38. The fourth-order valence-electron chi connectivity index (χ4n) is 4.27. The van der Waals surface area contributed by atoms with Crippen LogP contribution in [0.3, 0.4) is 0 Å². The zero-order chi connectivity index (χ0) is 21.5. The van der Waals surface area contributed by atoms with Gasteiger partial charge in [-0.3, -0.25) is 5.10 Å². The molecule has 0 aliphatic carbocycles. The lowest BCUT2D eigenvalue weighted by Gasteiger charge is -2.17. The fraction of sp³-hybridized carbons (Fsp3) is 0.120. The van der Waals surface area contributed by atoms with Gasteiger partial charge in [-0.1, -0.05) is 29.5 Å². The summed E-state index contributed by atoms with van der Waals surface area (Å²) in [7, 11) is 0. The molecular formula is C25H20ClN7. The summed E-state index contributed by atoms with van der Waals surface area (Å²) in [4.78, 5) is 0. The summed E-state index contributed by atoms with van der Waals surface area (Å²) in [6.07, 6.45) is 2.97. The molecule has 3 heterocycles. The minimum absolute atomic E-state index is 0. The third-order valence-electron chi connectivity index (χ3n) is 5.96. The largest absolute Gasteiger partial charge is 0.312 e. The van der Waals surface area contributed by atoms with E-state index in [1.165, 1.54) is 11.1 Å². The highest BCUT2D eigenvalue weighted by atomic mass is 35.5. The van der Waals surface area contributed by atoms with Crippen molar-refractivity contribution in [3.8, 4) is 34.3 Å². The zero-order valence-electron chi connectivity index (χ0n) is 17.6. The quantitative estimate of drug-likeness (QED) is 0.421. The second kappa shape index (κ2) is 8.51. The zero-order valence-corrected chi connectivity index (χ0v) is 18.4. The Morgan fingerprint density at radius 2 is 1.88 bits per heavy atom. The molecule has 7 nitrogen and oxygen atoms in total. The average molecular weight is 454 g/mol. The van der Waals surface area contributed by atoms with Gasteiger partial charge in [-0.05, 0) is 71.6 Å². The van der Waals surface area contributed by atoms with Crippen molar-refractivity contribution < 1.29 is 0 Å². The van der Waals surface area contributed by atoms with E-state index in [1.807, 2.05) is 36.5 Å². The number of halogens is 1. The minimum Gasteiger partial charge on any atom is -0.312 e. The van der Waals surface area contributed by atoms with Gasteiger partial charge in [-0.15, -0.1) is 17.5 Å². The molecule has 2 N–H and O–H groups in total. The summed E-state index contributed by atoms with van der Waals surface area (Å²) in [5.74, 6) is 0. The predicted molar refractivity (Wildman–Crippen MR) is 129 cm³/mol. The van der Waals surface area contributed by atoms with Crippen LogP contribution in [0.1, 0.15) is 16.7 Å². The van der Waals surface area contributed by atoms with Crippen LogP contribution < -0.4 is 5.32 Å². The van der Waals surface area contributed by atoms with Gasteiger partial charge in [0.1, 0.15) is 11.4 Å². The number of hydrogen-bond acceptors (Lipinski definition) is 5. The fourth-order valence-corrected chi connectivity index (χ4v) is 4.27. The van der Waals surface area contributed by atoms with E-state index < -0.39 is 0 Å². The van der Waals surface area contributed by atoms with E-state index in [2.05, 4.69) is 56.2 Å². The van der Waals surface area contributed by atoms with Crippen molar-refractivity contribution >= 4 is 23.3 Å². The van der Waals surface area contributed by atoms with E-state index >= 15 is 0 Å². The van der Waals surface area contributed by atoms with Crippen molar-refractivity contribution in [3.63, 3.8) is 0 Å². The van der Waals surface area contributed by atoms with Gasteiger partial charge in [-0.25, -0.2) is 4.68 Å². The number of nitriles is 1. The molecule has 162 valence electrons. The number of H-pyrrole nitrogens is 1. The van der Waals surface area contributed by atoms with Crippen LogP contribution in [0.15, 0.2) is 66.9 Å². The van der Waals surface area contributed by atoms with E-state index in [-0.39, 0.29) is 12.4 Å². The molecule has 0 saturated carbocycles. The van der Waals surface area contributed by atoms with Crippen LogP contribution in [0, 0.1) is 11.3 Å². The summed E-state index contributed by atoms with van der Waals surface area (Å²) < 4.78 is 1.80. The monoisotopic (exact) mass is 453 g/mol. The maximum absolute atomic E-state index is 9.22. The van der Waals surface area contributed by atoms with Crippen LogP contribution in [0.2, 0.25) is 0 Å². The number of nitrogens with zero attached hydrogens (tertiary/aromatic N) is 5. The van der Waals surface area contributed by atoms with Gasteiger partial charge in [0.05, 0.1) is 29.0 Å². The highest BCUT2D eigenvalue weighted by molar-refractivity contribution is 5.94. The van der Waals surface area contributed by atoms with E-state index in [1.54, 1.807) is 10.7 Å². The van der Waals surface area contributed by atoms with E-state index in [0.29, 0.717) is 11.3 Å². The van der Waals surface area contributed by atoms with Gasteiger partial charge in [0.15, 0.2) is 0 Å². The highest BCUT2D eigenvalue weighted by Gasteiger charge is 2.15. The SMILES string of the molecule is Cl.N#Cc1cccc(-c2ccc3[nH]nc(-c4cn(-c5ccc6c(c5)CNCC6)nn4)c3c2)c1. The summed E-state index contributed by atoms with van der Waals surface area (Å²) in [5.41, 5.74) is 8.71. The van der Waals surface area contributed by atoms with Gasteiger partial charge in [0, 0.05) is 11.9 Å².